The highest BCUT2D eigenvalue weighted by atomic mass is 16.2. The van der Waals surface area contributed by atoms with Crippen molar-refractivity contribution in [1.29, 1.82) is 0 Å². The van der Waals surface area contributed by atoms with Gasteiger partial charge in [-0.15, -0.1) is 0 Å². The molecule has 0 saturated heterocycles. The third-order valence-corrected chi connectivity index (χ3v) is 4.83. The van der Waals surface area contributed by atoms with Crippen molar-refractivity contribution in [3.05, 3.63) is 80.9 Å². The summed E-state index contributed by atoms with van der Waals surface area (Å²) in [7, 11) is 0. The highest BCUT2D eigenvalue weighted by molar-refractivity contribution is 5.78. The molecule has 3 rings (SSSR count). The van der Waals surface area contributed by atoms with Crippen LogP contribution in [0.2, 0.25) is 0 Å². The minimum atomic E-state index is -0.548. The van der Waals surface area contributed by atoms with Gasteiger partial charge in [-0.3, -0.25) is 19.4 Å². The van der Waals surface area contributed by atoms with Gasteiger partial charge >= 0.3 is 0 Å². The summed E-state index contributed by atoms with van der Waals surface area (Å²) in [5.41, 5.74) is 0.883. The molecule has 0 saturated carbocycles. The van der Waals surface area contributed by atoms with Crippen LogP contribution >= 0.6 is 0 Å². The van der Waals surface area contributed by atoms with E-state index in [-0.39, 0.29) is 22.7 Å². The van der Waals surface area contributed by atoms with E-state index in [1.54, 1.807) is 24.5 Å². The molecule has 0 radical (unpaired) electrons. The summed E-state index contributed by atoms with van der Waals surface area (Å²) in [6.45, 7) is 4.85. The van der Waals surface area contributed by atoms with Gasteiger partial charge in [0.25, 0.3) is 10.9 Å². The van der Waals surface area contributed by atoms with E-state index in [1.165, 1.54) is 0 Å². The maximum Gasteiger partial charge on any atom is 0.253 e. The smallest absolute Gasteiger partial charge is 0.253 e. The van der Waals surface area contributed by atoms with Crippen LogP contribution in [0.25, 0.3) is 0 Å². The summed E-state index contributed by atoms with van der Waals surface area (Å²) in [5.74, 6) is -0.0139. The summed E-state index contributed by atoms with van der Waals surface area (Å²) in [4.78, 5) is 40.0. The number of hydrogen-bond acceptors (Lipinski definition) is 6. The topological polar surface area (TPSA) is 100 Å². The predicted octanol–water partition coefficient (Wildman–Crippen LogP) is 2.61. The van der Waals surface area contributed by atoms with Crippen LogP contribution in [0.15, 0.2) is 64.4 Å². The minimum absolute atomic E-state index is 0.0139. The molecule has 2 aromatic carbocycles. The lowest BCUT2D eigenvalue weighted by Gasteiger charge is -2.27. The molecule has 156 valence electrons. The van der Waals surface area contributed by atoms with E-state index in [4.69, 9.17) is 0 Å². The number of pyridine rings is 1. The molecule has 0 aliphatic rings. The Kier molecular flexibility index (Phi) is 6.61. The molecule has 0 fully saturated rings. The van der Waals surface area contributed by atoms with Crippen molar-refractivity contribution in [3.8, 4) is 0 Å². The van der Waals surface area contributed by atoms with E-state index in [0.717, 1.165) is 5.56 Å². The van der Waals surface area contributed by atoms with Crippen molar-refractivity contribution in [2.24, 2.45) is 5.41 Å². The molecule has 1 heterocycles. The van der Waals surface area contributed by atoms with Gasteiger partial charge < -0.3 is 16.0 Å². The Bertz CT molecular complexity index is 1060. The second-order valence-corrected chi connectivity index (χ2v) is 8.06. The van der Waals surface area contributed by atoms with Gasteiger partial charge in [0.1, 0.15) is 11.4 Å². The Labute approximate surface area is 175 Å². The Morgan fingerprint density at radius 3 is 2.40 bits per heavy atom. The van der Waals surface area contributed by atoms with Gasteiger partial charge in [0.2, 0.25) is 5.91 Å². The zero-order chi connectivity index (χ0) is 21.6. The fourth-order valence-electron chi connectivity index (χ4n) is 2.98. The Hall–Kier alpha value is -3.48. The van der Waals surface area contributed by atoms with Crippen LogP contribution in [-0.4, -0.2) is 24.0 Å². The molecular weight excluding hydrogens is 380 g/mol. The normalized spacial score (nSPS) is 11.3. The van der Waals surface area contributed by atoms with E-state index in [2.05, 4.69) is 20.9 Å². The zero-order valence-corrected chi connectivity index (χ0v) is 17.2. The molecule has 1 aromatic heterocycles. The molecule has 0 aliphatic heterocycles. The molecule has 3 aromatic rings. The van der Waals surface area contributed by atoms with Crippen LogP contribution in [0.5, 0.6) is 0 Å². The van der Waals surface area contributed by atoms with Gasteiger partial charge in [0.15, 0.2) is 0 Å². The number of carbonyl (C=O) groups is 1. The number of anilines is 3. The molecule has 3 N–H and O–H groups in total. The number of hydrogen-bond donors (Lipinski definition) is 3. The average Bonchev–Trinajstić information content (AvgIpc) is 2.76. The Morgan fingerprint density at radius 2 is 1.70 bits per heavy atom. The van der Waals surface area contributed by atoms with Crippen LogP contribution in [0, 0.1) is 5.41 Å². The number of nitrogens with one attached hydrogen (secondary N) is 3. The number of benzene rings is 1. The molecule has 7 heteroatoms. The first-order valence-corrected chi connectivity index (χ1v) is 9.90. The largest absolute Gasteiger partial charge is 0.379 e. The molecule has 7 nitrogen and oxygen atoms in total. The monoisotopic (exact) mass is 406 g/mol. The van der Waals surface area contributed by atoms with Crippen LogP contribution in [-0.2, 0) is 11.2 Å². The molecule has 0 bridgehead atoms. The summed E-state index contributed by atoms with van der Waals surface area (Å²) in [6.07, 6.45) is 4.32. The first-order valence-electron chi connectivity index (χ1n) is 9.90. The fourth-order valence-corrected chi connectivity index (χ4v) is 2.98. The standard InChI is InChI=1S/C23H26N4O3/c1-23(2,14-25-18(28)11-10-16-7-4-3-5-8-16)15-26-19-20(22(30)21(19)29)27-17-9-6-12-24-13-17/h3-9,12-13,26-27H,10-11,14-15H2,1-2H3,(H,25,28). The van der Waals surface area contributed by atoms with E-state index < -0.39 is 10.9 Å². The SMILES string of the molecule is CC(C)(CNC(=O)CCc1ccccc1)CNc1c(Nc2cccnc2)c(=O)c1=O. The van der Waals surface area contributed by atoms with E-state index in [1.807, 2.05) is 44.2 Å². The number of rotatable bonds is 10. The van der Waals surface area contributed by atoms with Gasteiger partial charge in [0, 0.05) is 25.7 Å². The number of carbonyl (C=O) groups excluding carboxylic acids is 1. The van der Waals surface area contributed by atoms with E-state index >= 15 is 0 Å². The summed E-state index contributed by atoms with van der Waals surface area (Å²) in [5, 5.41) is 8.96. The van der Waals surface area contributed by atoms with Crippen molar-refractivity contribution >= 4 is 23.0 Å². The van der Waals surface area contributed by atoms with Gasteiger partial charge in [-0.25, -0.2) is 0 Å². The van der Waals surface area contributed by atoms with Crippen molar-refractivity contribution in [2.75, 3.05) is 23.7 Å². The van der Waals surface area contributed by atoms with Crippen LogP contribution < -0.4 is 26.8 Å². The zero-order valence-electron chi connectivity index (χ0n) is 17.2. The first kappa shape index (κ1) is 21.2. The van der Waals surface area contributed by atoms with E-state index in [0.29, 0.717) is 31.6 Å². The maximum atomic E-state index is 12.2. The number of nitrogens with zero attached hydrogens (tertiary/aromatic N) is 1. The molecule has 0 atom stereocenters. The number of amides is 1. The maximum absolute atomic E-state index is 12.2. The van der Waals surface area contributed by atoms with Crippen LogP contribution in [0.3, 0.4) is 0 Å². The second kappa shape index (κ2) is 9.35. The average molecular weight is 406 g/mol. The van der Waals surface area contributed by atoms with Crippen molar-refractivity contribution < 1.29 is 4.79 Å². The predicted molar refractivity (Wildman–Crippen MR) is 119 cm³/mol. The molecule has 0 aliphatic carbocycles. The number of aryl methyl sites for hydroxylation is 1. The van der Waals surface area contributed by atoms with Crippen LogP contribution in [0.1, 0.15) is 25.8 Å². The molecular formula is C23H26N4O3. The first-order chi connectivity index (χ1) is 14.4. The summed E-state index contributed by atoms with van der Waals surface area (Å²) in [6, 6.07) is 13.4. The van der Waals surface area contributed by atoms with Gasteiger partial charge in [0.05, 0.1) is 11.9 Å². The van der Waals surface area contributed by atoms with Crippen molar-refractivity contribution in [3.63, 3.8) is 0 Å². The lowest BCUT2D eigenvalue weighted by atomic mass is 9.93. The third kappa shape index (κ3) is 5.53. The highest BCUT2D eigenvalue weighted by Gasteiger charge is 2.25. The molecule has 0 spiro atoms. The molecule has 30 heavy (non-hydrogen) atoms. The summed E-state index contributed by atoms with van der Waals surface area (Å²) < 4.78 is 0. The van der Waals surface area contributed by atoms with Crippen LogP contribution in [0.4, 0.5) is 17.1 Å². The Balaban J connectivity index is 1.49. The molecule has 0 unspecified atom stereocenters. The molecule has 1 amide bonds. The second-order valence-electron chi connectivity index (χ2n) is 8.06. The van der Waals surface area contributed by atoms with Gasteiger partial charge in [-0.2, -0.15) is 0 Å². The lowest BCUT2D eigenvalue weighted by molar-refractivity contribution is -0.121. The van der Waals surface area contributed by atoms with Gasteiger partial charge in [-0.1, -0.05) is 44.2 Å². The quantitative estimate of drug-likeness (QED) is 0.448. The summed E-state index contributed by atoms with van der Waals surface area (Å²) >= 11 is 0. The highest BCUT2D eigenvalue weighted by Crippen LogP contribution is 2.22. The third-order valence-electron chi connectivity index (χ3n) is 4.83. The fraction of sp³-hybridized carbons (Fsp3) is 0.304. The minimum Gasteiger partial charge on any atom is -0.379 e. The van der Waals surface area contributed by atoms with Crippen molar-refractivity contribution in [1.82, 2.24) is 10.3 Å². The van der Waals surface area contributed by atoms with E-state index in [9.17, 15) is 14.4 Å². The van der Waals surface area contributed by atoms with Gasteiger partial charge in [-0.05, 0) is 29.5 Å². The lowest BCUT2D eigenvalue weighted by Crippen LogP contribution is -2.42. The number of aromatic nitrogens is 1. The van der Waals surface area contributed by atoms with Crippen molar-refractivity contribution in [2.45, 2.75) is 26.7 Å². The Morgan fingerprint density at radius 1 is 0.967 bits per heavy atom.